The number of aromatic nitrogens is 11. The monoisotopic (exact) mass is 309 g/mol. The molecule has 11 nitrogen and oxygen atoms in total. The lowest BCUT2D eigenvalue weighted by atomic mass is 10.2. The van der Waals surface area contributed by atoms with Crippen molar-refractivity contribution < 1.29 is 0 Å². The molecular formula is C12H11N11. The van der Waals surface area contributed by atoms with Gasteiger partial charge in [0.25, 0.3) is 0 Å². The van der Waals surface area contributed by atoms with Crippen LogP contribution >= 0.6 is 0 Å². The lowest BCUT2D eigenvalue weighted by Crippen LogP contribution is -2.04. The molecule has 0 atom stereocenters. The second kappa shape index (κ2) is 5.71. The summed E-state index contributed by atoms with van der Waals surface area (Å²) in [6.07, 6.45) is 1.78. The summed E-state index contributed by atoms with van der Waals surface area (Å²) >= 11 is 0. The molecule has 0 aliphatic rings. The standard InChI is InChI=1S/C12H11N11/c1-2-4-9(5-3-1)12-16-21-23(17-12)7-10-6-22(20-13-10)8-11-14-18-19-15-11/h1-6H,7-8H2,(H,14,15,18,19). The highest BCUT2D eigenvalue weighted by Gasteiger charge is 2.09. The molecule has 0 radical (unpaired) electrons. The number of tetrazole rings is 2. The molecular weight excluding hydrogens is 298 g/mol. The van der Waals surface area contributed by atoms with Gasteiger partial charge in [-0.2, -0.15) is 10.0 Å². The zero-order chi connectivity index (χ0) is 15.5. The van der Waals surface area contributed by atoms with Crippen LogP contribution in [0, 0.1) is 0 Å². The van der Waals surface area contributed by atoms with E-state index >= 15 is 0 Å². The fourth-order valence-corrected chi connectivity index (χ4v) is 2.04. The molecule has 0 spiro atoms. The Morgan fingerprint density at radius 2 is 1.87 bits per heavy atom. The molecule has 0 amide bonds. The molecule has 1 N–H and O–H groups in total. The lowest BCUT2D eigenvalue weighted by Gasteiger charge is -1.94. The largest absolute Gasteiger partial charge is 0.244 e. The molecule has 0 fully saturated rings. The Labute approximate surface area is 129 Å². The van der Waals surface area contributed by atoms with E-state index in [1.54, 1.807) is 10.9 Å². The minimum atomic E-state index is 0.381. The smallest absolute Gasteiger partial charge is 0.204 e. The molecule has 0 aliphatic heterocycles. The number of hydrogen-bond acceptors (Lipinski definition) is 8. The van der Waals surface area contributed by atoms with Crippen LogP contribution in [0.1, 0.15) is 11.5 Å². The first kappa shape index (κ1) is 13.2. The van der Waals surface area contributed by atoms with Crippen LogP contribution < -0.4 is 0 Å². The highest BCUT2D eigenvalue weighted by molar-refractivity contribution is 5.52. The molecule has 3 heterocycles. The Balaban J connectivity index is 1.46. The van der Waals surface area contributed by atoms with E-state index in [-0.39, 0.29) is 0 Å². The quantitative estimate of drug-likeness (QED) is 0.524. The van der Waals surface area contributed by atoms with E-state index < -0.39 is 0 Å². The van der Waals surface area contributed by atoms with Crippen molar-refractivity contribution in [2.45, 2.75) is 13.1 Å². The van der Waals surface area contributed by atoms with Gasteiger partial charge in [-0.25, -0.2) is 4.68 Å². The third-order valence-corrected chi connectivity index (χ3v) is 3.07. The Kier molecular flexibility index (Phi) is 3.27. The fraction of sp³-hybridized carbons (Fsp3) is 0.167. The Bertz CT molecular complexity index is 877. The van der Waals surface area contributed by atoms with E-state index in [1.165, 1.54) is 4.80 Å². The van der Waals surface area contributed by atoms with Crippen molar-refractivity contribution in [3.05, 3.63) is 48.0 Å². The number of hydrogen-bond donors (Lipinski definition) is 1. The van der Waals surface area contributed by atoms with Gasteiger partial charge < -0.3 is 0 Å². The van der Waals surface area contributed by atoms with Crippen molar-refractivity contribution in [3.63, 3.8) is 0 Å². The zero-order valence-electron chi connectivity index (χ0n) is 11.9. The first-order chi connectivity index (χ1) is 11.4. The van der Waals surface area contributed by atoms with Crippen LogP contribution in [-0.4, -0.2) is 55.8 Å². The van der Waals surface area contributed by atoms with E-state index in [2.05, 4.69) is 46.3 Å². The van der Waals surface area contributed by atoms with Crippen LogP contribution in [0.25, 0.3) is 11.4 Å². The average Bonchev–Trinajstić information content (AvgIpc) is 3.32. The van der Waals surface area contributed by atoms with Crippen molar-refractivity contribution >= 4 is 0 Å². The van der Waals surface area contributed by atoms with E-state index in [0.29, 0.717) is 30.4 Å². The van der Waals surface area contributed by atoms with E-state index in [0.717, 1.165) is 5.56 Å². The maximum atomic E-state index is 4.34. The van der Waals surface area contributed by atoms with E-state index in [1.807, 2.05) is 30.3 Å². The Hall–Kier alpha value is -3.50. The van der Waals surface area contributed by atoms with Gasteiger partial charge in [0.2, 0.25) is 5.82 Å². The lowest BCUT2D eigenvalue weighted by molar-refractivity contribution is 0.563. The summed E-state index contributed by atoms with van der Waals surface area (Å²) in [5.41, 5.74) is 1.63. The highest BCUT2D eigenvalue weighted by Crippen LogP contribution is 2.12. The van der Waals surface area contributed by atoms with Gasteiger partial charge in [-0.05, 0) is 5.21 Å². The van der Waals surface area contributed by atoms with E-state index in [9.17, 15) is 0 Å². The van der Waals surface area contributed by atoms with Crippen LogP contribution in [0.4, 0.5) is 0 Å². The predicted octanol–water partition coefficient (Wildman–Crippen LogP) is -0.459. The molecule has 23 heavy (non-hydrogen) atoms. The van der Waals surface area contributed by atoms with Crippen LogP contribution in [0.15, 0.2) is 36.5 Å². The van der Waals surface area contributed by atoms with E-state index in [4.69, 9.17) is 0 Å². The summed E-state index contributed by atoms with van der Waals surface area (Å²) in [5.74, 6) is 1.11. The molecule has 4 aromatic rings. The van der Waals surface area contributed by atoms with Crippen molar-refractivity contribution in [2.75, 3.05) is 0 Å². The predicted molar refractivity (Wildman–Crippen MR) is 75.7 cm³/mol. The van der Waals surface area contributed by atoms with Crippen LogP contribution in [0.3, 0.4) is 0 Å². The van der Waals surface area contributed by atoms with Gasteiger partial charge in [0.1, 0.15) is 18.8 Å². The Morgan fingerprint density at radius 1 is 0.957 bits per heavy atom. The second-order valence-electron chi connectivity index (χ2n) is 4.74. The third-order valence-electron chi connectivity index (χ3n) is 3.07. The maximum Gasteiger partial charge on any atom is 0.204 e. The van der Waals surface area contributed by atoms with Crippen molar-refractivity contribution in [2.24, 2.45) is 0 Å². The van der Waals surface area contributed by atoms with Crippen molar-refractivity contribution in [1.82, 2.24) is 55.8 Å². The SMILES string of the molecule is c1ccc(-c2nnn(Cc3cn(Cc4nn[nH]n4)nn3)n2)cc1. The molecule has 4 rings (SSSR count). The number of aromatic amines is 1. The minimum absolute atomic E-state index is 0.381. The average molecular weight is 309 g/mol. The zero-order valence-corrected chi connectivity index (χ0v) is 11.9. The molecule has 1 aromatic carbocycles. The van der Waals surface area contributed by atoms with Crippen LogP contribution in [0.2, 0.25) is 0 Å². The summed E-state index contributed by atoms with van der Waals surface area (Å²) in [4.78, 5) is 1.48. The first-order valence-electron chi connectivity index (χ1n) is 6.81. The van der Waals surface area contributed by atoms with Gasteiger partial charge in [0.15, 0.2) is 5.82 Å². The third kappa shape index (κ3) is 2.92. The van der Waals surface area contributed by atoms with Gasteiger partial charge >= 0.3 is 0 Å². The van der Waals surface area contributed by atoms with Crippen molar-refractivity contribution in [1.29, 1.82) is 0 Å². The van der Waals surface area contributed by atoms with Gasteiger partial charge in [-0.3, -0.25) is 0 Å². The number of rotatable bonds is 5. The van der Waals surface area contributed by atoms with Gasteiger partial charge in [-0.15, -0.1) is 25.5 Å². The van der Waals surface area contributed by atoms with Crippen LogP contribution in [-0.2, 0) is 13.1 Å². The van der Waals surface area contributed by atoms with Gasteiger partial charge in [0, 0.05) is 5.56 Å². The molecule has 114 valence electrons. The molecule has 0 saturated carbocycles. The number of benzene rings is 1. The molecule has 0 bridgehead atoms. The fourth-order valence-electron chi connectivity index (χ4n) is 2.04. The number of nitrogens with one attached hydrogen (secondary N) is 1. The first-order valence-corrected chi connectivity index (χ1v) is 6.81. The summed E-state index contributed by atoms with van der Waals surface area (Å²) in [7, 11) is 0. The van der Waals surface area contributed by atoms with Crippen molar-refractivity contribution in [3.8, 4) is 11.4 Å². The minimum Gasteiger partial charge on any atom is -0.244 e. The Morgan fingerprint density at radius 3 is 2.70 bits per heavy atom. The molecule has 3 aromatic heterocycles. The molecule has 0 aliphatic carbocycles. The summed E-state index contributed by atoms with van der Waals surface area (Å²) in [6, 6.07) is 9.67. The summed E-state index contributed by atoms with van der Waals surface area (Å²) < 4.78 is 1.62. The summed E-state index contributed by atoms with van der Waals surface area (Å²) in [5, 5.41) is 34.1. The maximum absolute atomic E-state index is 4.34. The van der Waals surface area contributed by atoms with Gasteiger partial charge in [0.05, 0.1) is 6.20 Å². The number of nitrogens with zero attached hydrogens (tertiary/aromatic N) is 10. The summed E-state index contributed by atoms with van der Waals surface area (Å²) in [6.45, 7) is 0.773. The van der Waals surface area contributed by atoms with Crippen LogP contribution in [0.5, 0.6) is 0 Å². The number of H-pyrrole nitrogens is 1. The normalized spacial score (nSPS) is 11.0. The molecule has 11 heteroatoms. The highest BCUT2D eigenvalue weighted by atomic mass is 15.6. The van der Waals surface area contributed by atoms with Gasteiger partial charge in [-0.1, -0.05) is 40.8 Å². The molecule has 0 unspecified atom stereocenters. The topological polar surface area (TPSA) is 129 Å². The second-order valence-corrected chi connectivity index (χ2v) is 4.74. The molecule has 0 saturated heterocycles.